The molecule has 0 saturated carbocycles. The molecule has 0 radical (unpaired) electrons. The number of halogens is 4. The fourth-order valence-electron chi connectivity index (χ4n) is 3.23. The molecule has 0 aliphatic heterocycles. The van der Waals surface area contributed by atoms with Crippen molar-refractivity contribution in [2.75, 3.05) is 17.7 Å². The third-order valence-electron chi connectivity index (χ3n) is 4.78. The molecule has 2 aromatic heterocycles. The molecule has 34 heavy (non-hydrogen) atoms. The van der Waals surface area contributed by atoms with Crippen LogP contribution < -0.4 is 16.0 Å². The predicted molar refractivity (Wildman–Crippen MR) is 121 cm³/mol. The third-order valence-corrected chi connectivity index (χ3v) is 5.11. The molecule has 0 saturated heterocycles. The number of aromatic nitrogens is 3. The number of anilines is 2. The molecule has 3 amide bonds. The van der Waals surface area contributed by atoms with Crippen LogP contribution in [0.25, 0.3) is 16.7 Å². The number of carbonyl (C=O) groups is 2. The molecule has 0 aliphatic carbocycles. The van der Waals surface area contributed by atoms with Gasteiger partial charge in [0.1, 0.15) is 0 Å². The first-order valence-corrected chi connectivity index (χ1v) is 10.2. The predicted octanol–water partition coefficient (Wildman–Crippen LogP) is 5.10. The first kappa shape index (κ1) is 23.1. The topological polar surface area (TPSA) is 101 Å². The number of urea groups is 1. The van der Waals surface area contributed by atoms with E-state index in [1.807, 2.05) is 0 Å². The maximum absolute atomic E-state index is 13.0. The third kappa shape index (κ3) is 4.64. The molecule has 0 bridgehead atoms. The summed E-state index contributed by atoms with van der Waals surface area (Å²) >= 11 is 5.59. The van der Waals surface area contributed by atoms with E-state index in [9.17, 15) is 22.8 Å². The van der Waals surface area contributed by atoms with Crippen molar-refractivity contribution >= 4 is 45.8 Å². The first-order chi connectivity index (χ1) is 16.2. The molecule has 4 aromatic rings. The van der Waals surface area contributed by atoms with Gasteiger partial charge in [0.25, 0.3) is 5.91 Å². The van der Waals surface area contributed by atoms with Gasteiger partial charge in [-0.3, -0.25) is 4.79 Å². The first-order valence-electron chi connectivity index (χ1n) is 9.78. The summed E-state index contributed by atoms with van der Waals surface area (Å²) in [5, 5.41) is 11.9. The Labute approximate surface area is 195 Å². The number of alkyl halides is 3. The van der Waals surface area contributed by atoms with Crippen LogP contribution in [0.5, 0.6) is 0 Å². The monoisotopic (exact) mass is 488 g/mol. The average molecular weight is 489 g/mol. The number of nitrogens with one attached hydrogen (secondary N) is 3. The average Bonchev–Trinajstić information content (AvgIpc) is 3.19. The van der Waals surface area contributed by atoms with Gasteiger partial charge in [-0.15, -0.1) is 0 Å². The van der Waals surface area contributed by atoms with E-state index in [0.717, 1.165) is 12.1 Å². The van der Waals surface area contributed by atoms with Crippen molar-refractivity contribution in [1.82, 2.24) is 20.1 Å². The van der Waals surface area contributed by atoms with Crippen LogP contribution in [0.1, 0.15) is 16.1 Å². The molecule has 174 valence electrons. The van der Waals surface area contributed by atoms with Gasteiger partial charge in [0, 0.05) is 18.1 Å². The minimum atomic E-state index is -4.65. The van der Waals surface area contributed by atoms with Crippen molar-refractivity contribution in [1.29, 1.82) is 0 Å². The highest BCUT2D eigenvalue weighted by Crippen LogP contribution is 2.36. The Bertz CT molecular complexity index is 1390. The maximum atomic E-state index is 13.0. The molecule has 0 aliphatic rings. The number of rotatable bonds is 4. The van der Waals surface area contributed by atoms with E-state index in [4.69, 9.17) is 11.6 Å². The van der Waals surface area contributed by atoms with E-state index in [1.54, 1.807) is 36.4 Å². The summed E-state index contributed by atoms with van der Waals surface area (Å²) in [5.74, 6) is 0.0469. The van der Waals surface area contributed by atoms with Gasteiger partial charge < -0.3 is 16.0 Å². The molecule has 8 nitrogen and oxygen atoms in total. The van der Waals surface area contributed by atoms with Gasteiger partial charge in [0.05, 0.1) is 28.0 Å². The highest BCUT2D eigenvalue weighted by Gasteiger charge is 2.33. The highest BCUT2D eigenvalue weighted by molar-refractivity contribution is 6.31. The zero-order chi connectivity index (χ0) is 24.5. The second-order valence-corrected chi connectivity index (χ2v) is 7.44. The number of carbonyl (C=O) groups excluding carboxylic acids is 2. The van der Waals surface area contributed by atoms with Gasteiger partial charge in [-0.05, 0) is 36.4 Å². The Balaban J connectivity index is 1.52. The highest BCUT2D eigenvalue weighted by atomic mass is 35.5. The van der Waals surface area contributed by atoms with E-state index in [-0.39, 0.29) is 23.0 Å². The van der Waals surface area contributed by atoms with Crippen LogP contribution in [-0.2, 0) is 6.18 Å². The molecule has 12 heteroatoms. The van der Waals surface area contributed by atoms with Gasteiger partial charge in [-0.25, -0.2) is 14.5 Å². The van der Waals surface area contributed by atoms with Crippen molar-refractivity contribution in [3.8, 4) is 5.82 Å². The smallest absolute Gasteiger partial charge is 0.354 e. The van der Waals surface area contributed by atoms with Crippen LogP contribution in [0.3, 0.4) is 0 Å². The number of amides is 3. The summed E-state index contributed by atoms with van der Waals surface area (Å²) in [5.41, 5.74) is 0.0521. The lowest BCUT2D eigenvalue weighted by atomic mass is 10.2. The summed E-state index contributed by atoms with van der Waals surface area (Å²) in [6.07, 6.45) is -3.30. The quantitative estimate of drug-likeness (QED) is 0.372. The molecule has 3 N–H and O–H groups in total. The van der Waals surface area contributed by atoms with E-state index >= 15 is 0 Å². The summed E-state index contributed by atoms with van der Waals surface area (Å²) in [7, 11) is 1.51. The lowest BCUT2D eigenvalue weighted by molar-refractivity contribution is -0.137. The number of benzene rings is 2. The van der Waals surface area contributed by atoms with Crippen LogP contribution in [0.2, 0.25) is 5.02 Å². The van der Waals surface area contributed by atoms with Crippen molar-refractivity contribution in [2.45, 2.75) is 6.18 Å². The van der Waals surface area contributed by atoms with Crippen molar-refractivity contribution in [3.63, 3.8) is 0 Å². The van der Waals surface area contributed by atoms with Gasteiger partial charge in [-0.2, -0.15) is 18.3 Å². The fraction of sp³-hybridized carbons (Fsp3) is 0.0909. The van der Waals surface area contributed by atoms with Crippen molar-refractivity contribution < 1.29 is 22.8 Å². The largest absolute Gasteiger partial charge is 0.417 e. The van der Waals surface area contributed by atoms with Crippen LogP contribution in [0.4, 0.5) is 29.3 Å². The minimum absolute atomic E-state index is 0.0801. The lowest BCUT2D eigenvalue weighted by Gasteiger charge is -2.12. The van der Waals surface area contributed by atoms with E-state index < -0.39 is 22.8 Å². The Morgan fingerprint density at radius 2 is 1.71 bits per heavy atom. The Morgan fingerprint density at radius 3 is 2.38 bits per heavy atom. The summed E-state index contributed by atoms with van der Waals surface area (Å²) in [6.45, 7) is 0. The van der Waals surface area contributed by atoms with Crippen LogP contribution in [-0.4, -0.2) is 33.8 Å². The number of nitrogens with zero attached hydrogens (tertiary/aromatic N) is 3. The van der Waals surface area contributed by atoms with Crippen LogP contribution in [0, 0.1) is 0 Å². The van der Waals surface area contributed by atoms with E-state index in [2.05, 4.69) is 26.0 Å². The molecule has 2 aromatic carbocycles. The second kappa shape index (κ2) is 9.02. The Morgan fingerprint density at radius 1 is 1.00 bits per heavy atom. The van der Waals surface area contributed by atoms with Gasteiger partial charge in [0.15, 0.2) is 11.5 Å². The molecule has 0 atom stereocenters. The summed E-state index contributed by atoms with van der Waals surface area (Å²) in [6, 6.07) is 12.6. The van der Waals surface area contributed by atoms with E-state index in [1.165, 1.54) is 24.0 Å². The standard InChI is InChI=1S/C22H16ClF3N6O2/c1-27-20(33)19-14-4-2-3-5-17(14)32(31-19)18-9-7-13(11-28-18)30-21(34)29-12-6-8-16(23)15(10-12)22(24,25)26/h2-11H,1H3,(H,27,33)(H2,29,30,34). The number of pyridine rings is 1. The van der Waals surface area contributed by atoms with E-state index in [0.29, 0.717) is 16.7 Å². The number of hydrogen-bond donors (Lipinski definition) is 3. The van der Waals surface area contributed by atoms with Gasteiger partial charge >= 0.3 is 12.2 Å². The molecular formula is C22H16ClF3N6O2. The van der Waals surface area contributed by atoms with Crippen LogP contribution >= 0.6 is 11.6 Å². The van der Waals surface area contributed by atoms with Gasteiger partial charge in [0.2, 0.25) is 0 Å². The summed E-state index contributed by atoms with van der Waals surface area (Å²) in [4.78, 5) is 28.7. The lowest BCUT2D eigenvalue weighted by Crippen LogP contribution is -2.20. The molecule has 0 fully saturated rings. The zero-order valence-corrected chi connectivity index (χ0v) is 18.2. The van der Waals surface area contributed by atoms with Crippen molar-refractivity contribution in [3.05, 3.63) is 77.1 Å². The SMILES string of the molecule is CNC(=O)c1nn(-c2ccc(NC(=O)Nc3ccc(Cl)c(C(F)(F)F)c3)cn2)c2ccccc12. The number of hydrogen-bond acceptors (Lipinski definition) is 4. The molecule has 4 rings (SSSR count). The van der Waals surface area contributed by atoms with Crippen LogP contribution in [0.15, 0.2) is 60.8 Å². The van der Waals surface area contributed by atoms with Crippen molar-refractivity contribution in [2.24, 2.45) is 0 Å². The maximum Gasteiger partial charge on any atom is 0.417 e. The zero-order valence-electron chi connectivity index (χ0n) is 17.4. The molecule has 2 heterocycles. The number of para-hydroxylation sites is 1. The molecule has 0 spiro atoms. The Kier molecular flexibility index (Phi) is 6.12. The Hall–Kier alpha value is -4.12. The molecule has 0 unspecified atom stereocenters. The fourth-order valence-corrected chi connectivity index (χ4v) is 3.45. The minimum Gasteiger partial charge on any atom is -0.354 e. The van der Waals surface area contributed by atoms with Gasteiger partial charge in [-0.1, -0.05) is 29.8 Å². The number of fused-ring (bicyclic) bond motifs is 1. The normalized spacial score (nSPS) is 11.3. The second-order valence-electron chi connectivity index (χ2n) is 7.03. The molecular weight excluding hydrogens is 473 g/mol. The summed E-state index contributed by atoms with van der Waals surface area (Å²) < 4.78 is 40.5.